The summed E-state index contributed by atoms with van der Waals surface area (Å²) in [5.74, 6) is -0.527. The highest BCUT2D eigenvalue weighted by molar-refractivity contribution is 5.94. The number of amides is 2. The Morgan fingerprint density at radius 1 is 1.00 bits per heavy atom. The second kappa shape index (κ2) is 9.90. The van der Waals surface area contributed by atoms with Crippen LogP contribution in [0, 0.1) is 0 Å². The minimum absolute atomic E-state index is 0.0222. The maximum absolute atomic E-state index is 13.2. The minimum Gasteiger partial charge on any atom is -0.378 e. The Hall–Kier alpha value is -4.27. The highest BCUT2D eigenvalue weighted by atomic mass is 16.2. The van der Waals surface area contributed by atoms with Crippen LogP contribution in [-0.2, 0) is 22.7 Å². The lowest BCUT2D eigenvalue weighted by Gasteiger charge is -2.22. The van der Waals surface area contributed by atoms with Crippen molar-refractivity contribution in [2.24, 2.45) is 0 Å². The van der Waals surface area contributed by atoms with Crippen LogP contribution in [0.3, 0.4) is 0 Å². The molecule has 2 heterocycles. The Kier molecular flexibility index (Phi) is 6.58. The van der Waals surface area contributed by atoms with E-state index in [4.69, 9.17) is 0 Å². The second-order valence-electron chi connectivity index (χ2n) is 7.84. The van der Waals surface area contributed by atoms with Gasteiger partial charge in [-0.15, -0.1) is 5.10 Å². The number of fused-ring (bicyclic) bond motifs is 1. The van der Waals surface area contributed by atoms with Crippen LogP contribution < -0.4 is 10.2 Å². The molecule has 0 fully saturated rings. The number of anilines is 2. The van der Waals surface area contributed by atoms with E-state index in [0.29, 0.717) is 11.2 Å². The first-order valence-corrected chi connectivity index (χ1v) is 10.5. The zero-order valence-corrected chi connectivity index (χ0v) is 18.5. The highest BCUT2D eigenvalue weighted by Crippen LogP contribution is 2.16. The van der Waals surface area contributed by atoms with Crippen molar-refractivity contribution in [1.29, 1.82) is 0 Å². The fraction of sp³-hybridized carbons (Fsp3) is 0.208. The van der Waals surface area contributed by atoms with Gasteiger partial charge in [0.05, 0.1) is 5.52 Å². The molecule has 0 unspecified atom stereocenters. The molecular weight excluding hydrogens is 418 g/mol. The highest BCUT2D eigenvalue weighted by Gasteiger charge is 2.20. The zero-order valence-electron chi connectivity index (χ0n) is 18.5. The van der Waals surface area contributed by atoms with Crippen molar-refractivity contribution in [3.63, 3.8) is 0 Å². The second-order valence-corrected chi connectivity index (χ2v) is 7.84. The molecule has 0 spiro atoms. The average Bonchev–Trinajstić information content (AvgIpc) is 3.22. The number of pyridine rings is 1. The molecule has 2 aromatic heterocycles. The van der Waals surface area contributed by atoms with E-state index in [1.54, 1.807) is 23.1 Å². The lowest BCUT2D eigenvalue weighted by atomic mass is 10.2. The van der Waals surface area contributed by atoms with Crippen molar-refractivity contribution in [3.8, 4) is 0 Å². The molecule has 0 saturated carbocycles. The molecule has 2 aromatic carbocycles. The summed E-state index contributed by atoms with van der Waals surface area (Å²) in [7, 11) is 3.90. The van der Waals surface area contributed by atoms with Crippen LogP contribution in [0.2, 0.25) is 0 Å². The summed E-state index contributed by atoms with van der Waals surface area (Å²) in [6.07, 6.45) is 3.35. The van der Waals surface area contributed by atoms with Crippen molar-refractivity contribution >= 4 is 34.2 Å². The van der Waals surface area contributed by atoms with Crippen LogP contribution >= 0.6 is 0 Å². The van der Waals surface area contributed by atoms with E-state index in [9.17, 15) is 9.59 Å². The summed E-state index contributed by atoms with van der Waals surface area (Å²) in [6, 6.07) is 18.6. The number of hydrogen-bond acceptors (Lipinski definition) is 6. The molecule has 0 bridgehead atoms. The minimum atomic E-state index is -0.284. The Balaban J connectivity index is 1.49. The van der Waals surface area contributed by atoms with Gasteiger partial charge >= 0.3 is 0 Å². The Bertz CT molecular complexity index is 1240. The predicted molar refractivity (Wildman–Crippen MR) is 127 cm³/mol. The first-order chi connectivity index (χ1) is 16.0. The molecule has 0 aliphatic heterocycles. The third kappa shape index (κ3) is 5.51. The van der Waals surface area contributed by atoms with Crippen molar-refractivity contribution < 1.29 is 9.59 Å². The van der Waals surface area contributed by atoms with Gasteiger partial charge in [0.2, 0.25) is 11.8 Å². The molecule has 0 aliphatic rings. The maximum atomic E-state index is 13.2. The Labute approximate surface area is 191 Å². The number of carbonyl (C=O) groups excluding carboxylic acids is 2. The van der Waals surface area contributed by atoms with Gasteiger partial charge in [0.15, 0.2) is 0 Å². The average molecular weight is 444 g/mol. The summed E-state index contributed by atoms with van der Waals surface area (Å²) in [6.45, 7) is 0.133. The molecule has 2 amide bonds. The van der Waals surface area contributed by atoms with Crippen molar-refractivity contribution in [1.82, 2.24) is 24.9 Å². The number of nitrogens with one attached hydrogen (secondary N) is 1. The standard InChI is InChI=1S/C24H25N7O2/c1-29(2)20-11-9-19(10-12-20)26-23(32)16-30(15-18-6-5-13-25-14-18)24(33)17-31-22-8-4-3-7-21(22)27-28-31/h3-14H,15-17H2,1-2H3,(H,26,32). The molecule has 4 aromatic rings. The summed E-state index contributed by atoms with van der Waals surface area (Å²) >= 11 is 0. The van der Waals surface area contributed by atoms with Crippen molar-refractivity contribution in [3.05, 3.63) is 78.6 Å². The van der Waals surface area contributed by atoms with E-state index in [2.05, 4.69) is 20.6 Å². The van der Waals surface area contributed by atoms with Gasteiger partial charge in [-0.25, -0.2) is 4.68 Å². The van der Waals surface area contributed by atoms with Crippen LogP contribution in [0.1, 0.15) is 5.56 Å². The summed E-state index contributed by atoms with van der Waals surface area (Å²) in [5, 5.41) is 11.1. The number of aromatic nitrogens is 4. The topological polar surface area (TPSA) is 96.2 Å². The SMILES string of the molecule is CN(C)c1ccc(NC(=O)CN(Cc2cccnc2)C(=O)Cn2nnc3ccccc32)cc1. The van der Waals surface area contributed by atoms with Crippen LogP contribution in [0.5, 0.6) is 0 Å². The molecule has 9 nitrogen and oxygen atoms in total. The van der Waals surface area contributed by atoms with Gasteiger partial charge in [0.25, 0.3) is 0 Å². The first kappa shape index (κ1) is 21.9. The van der Waals surface area contributed by atoms with Gasteiger partial charge in [0.1, 0.15) is 18.6 Å². The van der Waals surface area contributed by atoms with Crippen molar-refractivity contribution in [2.75, 3.05) is 30.9 Å². The van der Waals surface area contributed by atoms with Gasteiger partial charge in [-0.1, -0.05) is 23.4 Å². The normalized spacial score (nSPS) is 10.7. The van der Waals surface area contributed by atoms with Crippen molar-refractivity contribution in [2.45, 2.75) is 13.1 Å². The molecule has 33 heavy (non-hydrogen) atoms. The number of carbonyl (C=O) groups is 2. The molecule has 9 heteroatoms. The number of benzene rings is 2. The van der Waals surface area contributed by atoms with E-state index in [-0.39, 0.29) is 31.4 Å². The smallest absolute Gasteiger partial charge is 0.245 e. The van der Waals surface area contributed by atoms with E-state index < -0.39 is 0 Å². The largest absolute Gasteiger partial charge is 0.378 e. The molecule has 1 N–H and O–H groups in total. The fourth-order valence-electron chi connectivity index (χ4n) is 3.42. The summed E-state index contributed by atoms with van der Waals surface area (Å²) < 4.78 is 1.55. The fourth-order valence-corrected chi connectivity index (χ4v) is 3.42. The summed E-state index contributed by atoms with van der Waals surface area (Å²) in [4.78, 5) is 33.6. The molecule has 0 atom stereocenters. The third-order valence-electron chi connectivity index (χ3n) is 5.16. The van der Waals surface area contributed by atoms with E-state index in [1.807, 2.05) is 73.6 Å². The molecule has 0 radical (unpaired) electrons. The first-order valence-electron chi connectivity index (χ1n) is 10.5. The number of para-hydroxylation sites is 1. The van der Waals surface area contributed by atoms with Gasteiger partial charge in [-0.3, -0.25) is 14.6 Å². The van der Waals surface area contributed by atoms with E-state index in [0.717, 1.165) is 16.8 Å². The van der Waals surface area contributed by atoms with Gasteiger partial charge in [-0.05, 0) is 48.0 Å². The zero-order chi connectivity index (χ0) is 23.2. The van der Waals surface area contributed by atoms with Crippen LogP contribution in [0.4, 0.5) is 11.4 Å². The number of nitrogens with zero attached hydrogens (tertiary/aromatic N) is 6. The number of rotatable bonds is 8. The van der Waals surface area contributed by atoms with Gasteiger partial charge in [0, 0.05) is 44.4 Å². The lowest BCUT2D eigenvalue weighted by Crippen LogP contribution is -2.39. The van der Waals surface area contributed by atoms with Crippen LogP contribution in [0.25, 0.3) is 11.0 Å². The molecule has 4 rings (SSSR count). The van der Waals surface area contributed by atoms with E-state index in [1.165, 1.54) is 4.90 Å². The maximum Gasteiger partial charge on any atom is 0.245 e. The lowest BCUT2D eigenvalue weighted by molar-refractivity contribution is -0.136. The quantitative estimate of drug-likeness (QED) is 0.450. The number of hydrogen-bond donors (Lipinski definition) is 1. The molecular formula is C24H25N7O2. The summed E-state index contributed by atoms with van der Waals surface area (Å²) in [5.41, 5.74) is 4.00. The molecule has 168 valence electrons. The third-order valence-corrected chi connectivity index (χ3v) is 5.16. The van der Waals surface area contributed by atoms with Crippen LogP contribution in [-0.4, -0.2) is 57.3 Å². The van der Waals surface area contributed by atoms with Gasteiger partial charge in [-0.2, -0.15) is 0 Å². The van der Waals surface area contributed by atoms with Crippen LogP contribution in [0.15, 0.2) is 73.1 Å². The molecule has 0 aliphatic carbocycles. The van der Waals surface area contributed by atoms with Gasteiger partial charge < -0.3 is 15.1 Å². The predicted octanol–water partition coefficient (Wildman–Crippen LogP) is 2.56. The molecule has 0 saturated heterocycles. The monoisotopic (exact) mass is 443 g/mol. The Morgan fingerprint density at radius 2 is 1.79 bits per heavy atom. The van der Waals surface area contributed by atoms with E-state index >= 15 is 0 Å². The Morgan fingerprint density at radius 3 is 2.52 bits per heavy atom.